The van der Waals surface area contributed by atoms with Crippen molar-refractivity contribution < 1.29 is 14.3 Å². The van der Waals surface area contributed by atoms with Crippen LogP contribution in [0.4, 0.5) is 10.5 Å². The number of hydrogen-bond acceptors (Lipinski definition) is 5. The van der Waals surface area contributed by atoms with Crippen molar-refractivity contribution in [1.29, 1.82) is 0 Å². The highest BCUT2D eigenvalue weighted by atomic mass is 32.2. The topological polar surface area (TPSA) is 70.7 Å². The second kappa shape index (κ2) is 10.9. The molecule has 0 saturated carbocycles. The minimum absolute atomic E-state index is 0.139. The SMILES string of the molecule is Cc1cc(CN2CCSCC2)ccc1NC(=O)CNC(=O)OCc1ccccc1. The third-order valence-electron chi connectivity index (χ3n) is 4.68. The zero-order chi connectivity index (χ0) is 20.5. The molecule has 0 spiro atoms. The number of thioether (sulfide) groups is 1. The lowest BCUT2D eigenvalue weighted by molar-refractivity contribution is -0.115. The van der Waals surface area contributed by atoms with Crippen molar-refractivity contribution in [2.24, 2.45) is 0 Å². The maximum atomic E-state index is 12.2. The first kappa shape index (κ1) is 21.2. The molecular weight excluding hydrogens is 386 g/mol. The van der Waals surface area contributed by atoms with Gasteiger partial charge in [0.05, 0.1) is 0 Å². The summed E-state index contributed by atoms with van der Waals surface area (Å²) in [4.78, 5) is 26.4. The number of anilines is 1. The highest BCUT2D eigenvalue weighted by Gasteiger charge is 2.12. The summed E-state index contributed by atoms with van der Waals surface area (Å²) >= 11 is 2.00. The van der Waals surface area contributed by atoms with Crippen LogP contribution in [0.15, 0.2) is 48.5 Å². The van der Waals surface area contributed by atoms with Gasteiger partial charge in [-0.2, -0.15) is 11.8 Å². The number of nitrogens with one attached hydrogen (secondary N) is 2. The van der Waals surface area contributed by atoms with E-state index in [9.17, 15) is 9.59 Å². The highest BCUT2D eigenvalue weighted by molar-refractivity contribution is 7.99. The van der Waals surface area contributed by atoms with Gasteiger partial charge in [-0.15, -0.1) is 0 Å². The van der Waals surface area contributed by atoms with Crippen LogP contribution in [-0.2, 0) is 22.7 Å². The van der Waals surface area contributed by atoms with E-state index < -0.39 is 6.09 Å². The molecule has 0 aromatic heterocycles. The van der Waals surface area contributed by atoms with Crippen LogP contribution < -0.4 is 10.6 Å². The van der Waals surface area contributed by atoms with Gasteiger partial charge in [0.15, 0.2) is 0 Å². The molecule has 1 aliphatic rings. The molecule has 0 radical (unpaired) electrons. The van der Waals surface area contributed by atoms with Crippen LogP contribution in [0, 0.1) is 6.92 Å². The van der Waals surface area contributed by atoms with Crippen molar-refractivity contribution in [3.8, 4) is 0 Å². The molecule has 1 heterocycles. The molecule has 0 atom stereocenters. The lowest BCUT2D eigenvalue weighted by Gasteiger charge is -2.26. The van der Waals surface area contributed by atoms with Gasteiger partial charge >= 0.3 is 6.09 Å². The molecule has 3 rings (SSSR count). The Hall–Kier alpha value is -2.51. The molecule has 2 N–H and O–H groups in total. The molecule has 7 heteroatoms. The fraction of sp³-hybridized carbons (Fsp3) is 0.364. The average Bonchev–Trinajstić information content (AvgIpc) is 2.74. The van der Waals surface area contributed by atoms with Gasteiger partial charge in [-0.3, -0.25) is 9.69 Å². The third kappa shape index (κ3) is 7.11. The predicted octanol–water partition coefficient (Wildman–Crippen LogP) is 3.41. The average molecular weight is 414 g/mol. The lowest BCUT2D eigenvalue weighted by Crippen LogP contribution is -2.33. The summed E-state index contributed by atoms with van der Waals surface area (Å²) in [6.07, 6.45) is -0.615. The van der Waals surface area contributed by atoms with Crippen LogP contribution in [0.1, 0.15) is 16.7 Å². The fourth-order valence-electron chi connectivity index (χ4n) is 3.10. The number of aryl methyl sites for hydroxylation is 1. The van der Waals surface area contributed by atoms with Crippen molar-refractivity contribution in [3.63, 3.8) is 0 Å². The smallest absolute Gasteiger partial charge is 0.407 e. The van der Waals surface area contributed by atoms with E-state index in [-0.39, 0.29) is 19.1 Å². The van der Waals surface area contributed by atoms with E-state index >= 15 is 0 Å². The molecule has 154 valence electrons. The Morgan fingerprint density at radius 3 is 2.55 bits per heavy atom. The van der Waals surface area contributed by atoms with Crippen molar-refractivity contribution in [3.05, 3.63) is 65.2 Å². The van der Waals surface area contributed by atoms with Gasteiger partial charge in [0.1, 0.15) is 13.2 Å². The van der Waals surface area contributed by atoms with Gasteiger partial charge in [-0.25, -0.2) is 4.79 Å². The van der Waals surface area contributed by atoms with Crippen molar-refractivity contribution >= 4 is 29.4 Å². The van der Waals surface area contributed by atoms with E-state index in [1.165, 1.54) is 17.1 Å². The summed E-state index contributed by atoms with van der Waals surface area (Å²) in [7, 11) is 0. The zero-order valence-corrected chi connectivity index (χ0v) is 17.5. The highest BCUT2D eigenvalue weighted by Crippen LogP contribution is 2.19. The second-order valence-corrected chi connectivity index (χ2v) is 8.23. The predicted molar refractivity (Wildman–Crippen MR) is 117 cm³/mol. The van der Waals surface area contributed by atoms with Crippen molar-refractivity contribution in [1.82, 2.24) is 10.2 Å². The van der Waals surface area contributed by atoms with Crippen LogP contribution in [0.3, 0.4) is 0 Å². The van der Waals surface area contributed by atoms with E-state index in [0.29, 0.717) is 0 Å². The Morgan fingerprint density at radius 1 is 1.07 bits per heavy atom. The van der Waals surface area contributed by atoms with Gasteiger partial charge in [-0.1, -0.05) is 42.5 Å². The number of carbonyl (C=O) groups excluding carboxylic acids is 2. The zero-order valence-electron chi connectivity index (χ0n) is 16.6. The largest absolute Gasteiger partial charge is 0.445 e. The first-order chi connectivity index (χ1) is 14.1. The van der Waals surface area contributed by atoms with E-state index in [4.69, 9.17) is 4.74 Å². The lowest BCUT2D eigenvalue weighted by atomic mass is 10.1. The standard InChI is InChI=1S/C22H27N3O3S/c1-17-13-19(15-25-9-11-29-12-10-25)7-8-20(17)24-21(26)14-23-22(27)28-16-18-5-3-2-4-6-18/h2-8,13H,9-12,14-16H2,1H3,(H,23,27)(H,24,26). The van der Waals surface area contributed by atoms with Crippen LogP contribution in [0.25, 0.3) is 0 Å². The number of benzene rings is 2. The fourth-order valence-corrected chi connectivity index (χ4v) is 4.08. The summed E-state index contributed by atoms with van der Waals surface area (Å²) in [6, 6.07) is 15.5. The monoisotopic (exact) mass is 413 g/mol. The molecule has 29 heavy (non-hydrogen) atoms. The van der Waals surface area contributed by atoms with Gasteiger partial charge in [-0.05, 0) is 29.7 Å². The molecular formula is C22H27N3O3S. The van der Waals surface area contributed by atoms with E-state index in [2.05, 4.69) is 21.6 Å². The normalized spacial score (nSPS) is 14.2. The quantitative estimate of drug-likeness (QED) is 0.728. The van der Waals surface area contributed by atoms with E-state index in [1.54, 1.807) is 0 Å². The number of carbonyl (C=O) groups is 2. The van der Waals surface area contributed by atoms with Gasteiger partial charge in [0.25, 0.3) is 0 Å². The molecule has 1 fully saturated rings. The van der Waals surface area contributed by atoms with Crippen LogP contribution in [0.2, 0.25) is 0 Å². The summed E-state index contributed by atoms with van der Waals surface area (Å²) in [5, 5.41) is 5.32. The molecule has 1 aliphatic heterocycles. The first-order valence-electron chi connectivity index (χ1n) is 9.74. The Bertz CT molecular complexity index is 823. The number of ether oxygens (including phenoxy) is 1. The van der Waals surface area contributed by atoms with Gasteiger partial charge in [0.2, 0.25) is 5.91 Å². The Kier molecular flexibility index (Phi) is 7.95. The van der Waals surface area contributed by atoms with Crippen LogP contribution in [0.5, 0.6) is 0 Å². The molecule has 1 saturated heterocycles. The van der Waals surface area contributed by atoms with Crippen LogP contribution in [-0.4, -0.2) is 48.0 Å². The number of alkyl carbamates (subject to hydrolysis) is 1. The Labute approximate surface area is 176 Å². The number of nitrogens with zero attached hydrogens (tertiary/aromatic N) is 1. The van der Waals surface area contributed by atoms with Crippen molar-refractivity contribution in [2.45, 2.75) is 20.1 Å². The number of rotatable bonds is 7. The Morgan fingerprint density at radius 2 is 1.83 bits per heavy atom. The minimum Gasteiger partial charge on any atom is -0.445 e. The molecule has 6 nitrogen and oxygen atoms in total. The van der Waals surface area contributed by atoms with Gasteiger partial charge < -0.3 is 15.4 Å². The van der Waals surface area contributed by atoms with E-state index in [1.807, 2.05) is 61.2 Å². The van der Waals surface area contributed by atoms with Crippen molar-refractivity contribution in [2.75, 3.05) is 36.5 Å². The Balaban J connectivity index is 1.41. The molecule has 0 bridgehead atoms. The summed E-state index contributed by atoms with van der Waals surface area (Å²) in [5.41, 5.74) is 3.91. The van der Waals surface area contributed by atoms with E-state index in [0.717, 1.165) is 36.4 Å². The molecule has 2 aromatic carbocycles. The second-order valence-electron chi connectivity index (χ2n) is 7.00. The number of hydrogen-bond donors (Lipinski definition) is 2. The third-order valence-corrected chi connectivity index (χ3v) is 5.62. The molecule has 2 aromatic rings. The molecule has 0 unspecified atom stereocenters. The minimum atomic E-state index is -0.615. The number of amides is 2. The first-order valence-corrected chi connectivity index (χ1v) is 10.9. The molecule has 2 amide bonds. The summed E-state index contributed by atoms with van der Waals surface area (Å²) in [6.45, 7) is 5.18. The summed E-state index contributed by atoms with van der Waals surface area (Å²) in [5.74, 6) is 2.09. The maximum absolute atomic E-state index is 12.2. The van der Waals surface area contributed by atoms with Gasteiger partial charge in [0, 0.05) is 36.8 Å². The summed E-state index contributed by atoms with van der Waals surface area (Å²) < 4.78 is 5.10. The molecule has 0 aliphatic carbocycles. The maximum Gasteiger partial charge on any atom is 0.407 e. The van der Waals surface area contributed by atoms with Crippen LogP contribution >= 0.6 is 11.8 Å².